The number of fused-ring (bicyclic) bond motifs is 1. The molecule has 2 aliphatic heterocycles. The van der Waals surface area contributed by atoms with Gasteiger partial charge in [-0.15, -0.1) is 0 Å². The van der Waals surface area contributed by atoms with Gasteiger partial charge in [-0.2, -0.15) is 0 Å². The van der Waals surface area contributed by atoms with E-state index in [1.807, 2.05) is 0 Å². The Balaban J connectivity index is 1.49. The monoisotopic (exact) mass is 426 g/mol. The summed E-state index contributed by atoms with van der Waals surface area (Å²) in [6.45, 7) is 1.43. The Labute approximate surface area is 181 Å². The average Bonchev–Trinajstić information content (AvgIpc) is 2.95. The molecular weight excluding hydrogens is 400 g/mol. The first kappa shape index (κ1) is 20.8. The maximum atomic E-state index is 13.0. The van der Waals surface area contributed by atoms with E-state index in [9.17, 15) is 9.59 Å². The summed E-state index contributed by atoms with van der Waals surface area (Å²) >= 11 is 0. The van der Waals surface area contributed by atoms with Gasteiger partial charge in [0.05, 0.1) is 33.4 Å². The first-order valence-corrected chi connectivity index (χ1v) is 10.1. The summed E-state index contributed by atoms with van der Waals surface area (Å²) in [5, 5.41) is 2.96. The lowest BCUT2D eigenvalue weighted by Gasteiger charge is -2.41. The molecule has 0 aromatic heterocycles. The van der Waals surface area contributed by atoms with Crippen LogP contribution in [0.1, 0.15) is 33.6 Å². The molecule has 1 fully saturated rings. The molecule has 2 aliphatic rings. The predicted molar refractivity (Wildman–Crippen MR) is 113 cm³/mol. The third kappa shape index (κ3) is 3.97. The molecule has 4 rings (SSSR count). The highest BCUT2D eigenvalue weighted by Gasteiger charge is 2.41. The van der Waals surface area contributed by atoms with Crippen molar-refractivity contribution in [1.29, 1.82) is 0 Å². The molecule has 2 aromatic rings. The lowest BCUT2D eigenvalue weighted by Crippen LogP contribution is -2.54. The summed E-state index contributed by atoms with van der Waals surface area (Å²) in [7, 11) is 4.66. The molecule has 8 heteroatoms. The van der Waals surface area contributed by atoms with E-state index in [0.29, 0.717) is 66.6 Å². The van der Waals surface area contributed by atoms with Crippen molar-refractivity contribution in [3.8, 4) is 23.0 Å². The molecule has 164 valence electrons. The zero-order valence-electron chi connectivity index (χ0n) is 17.9. The number of carbonyl (C=O) groups excluding carboxylic acids is 2. The van der Waals surface area contributed by atoms with Gasteiger partial charge in [0.2, 0.25) is 0 Å². The lowest BCUT2D eigenvalue weighted by atomic mass is 9.90. The van der Waals surface area contributed by atoms with Gasteiger partial charge in [-0.05, 0) is 36.4 Å². The summed E-state index contributed by atoms with van der Waals surface area (Å²) in [4.78, 5) is 27.4. The highest BCUT2D eigenvalue weighted by atomic mass is 16.5. The van der Waals surface area contributed by atoms with Gasteiger partial charge in [-0.3, -0.25) is 9.59 Å². The van der Waals surface area contributed by atoms with Crippen LogP contribution in [0.4, 0.5) is 0 Å². The predicted octanol–water partition coefficient (Wildman–Crippen LogP) is 2.51. The Morgan fingerprint density at radius 3 is 2.42 bits per heavy atom. The number of nitrogens with zero attached hydrogens (tertiary/aromatic N) is 1. The van der Waals surface area contributed by atoms with Crippen LogP contribution in [0.3, 0.4) is 0 Å². The van der Waals surface area contributed by atoms with Crippen LogP contribution in [-0.2, 0) is 0 Å². The highest BCUT2D eigenvalue weighted by Crippen LogP contribution is 2.35. The van der Waals surface area contributed by atoms with E-state index in [1.165, 1.54) is 0 Å². The van der Waals surface area contributed by atoms with Gasteiger partial charge in [-0.25, -0.2) is 0 Å². The summed E-state index contributed by atoms with van der Waals surface area (Å²) < 4.78 is 22.1. The zero-order valence-corrected chi connectivity index (χ0v) is 17.9. The van der Waals surface area contributed by atoms with Crippen molar-refractivity contribution in [3.05, 3.63) is 47.5 Å². The molecule has 1 saturated heterocycles. The van der Waals surface area contributed by atoms with Crippen molar-refractivity contribution >= 4 is 11.8 Å². The Kier molecular flexibility index (Phi) is 5.63. The normalized spacial score (nSPS) is 17.1. The number of rotatable bonds is 4. The Morgan fingerprint density at radius 2 is 1.74 bits per heavy atom. The third-order valence-electron chi connectivity index (χ3n) is 5.92. The number of amides is 2. The smallest absolute Gasteiger partial charge is 0.255 e. The number of nitrogens with one attached hydrogen (secondary N) is 1. The van der Waals surface area contributed by atoms with Crippen molar-refractivity contribution in [2.75, 3.05) is 41.0 Å². The first-order valence-electron chi connectivity index (χ1n) is 10.1. The van der Waals surface area contributed by atoms with Crippen molar-refractivity contribution in [1.82, 2.24) is 10.2 Å². The maximum Gasteiger partial charge on any atom is 0.255 e. The summed E-state index contributed by atoms with van der Waals surface area (Å²) in [6, 6.07) is 10.4. The molecule has 0 saturated carbocycles. The second-order valence-electron chi connectivity index (χ2n) is 7.69. The Morgan fingerprint density at radius 1 is 1.00 bits per heavy atom. The molecule has 1 spiro atoms. The highest BCUT2D eigenvalue weighted by molar-refractivity contribution is 5.98. The fraction of sp³-hybridized carbons (Fsp3) is 0.391. The van der Waals surface area contributed by atoms with E-state index in [2.05, 4.69) is 5.32 Å². The number of likely N-dealkylation sites (tertiary alicyclic amines) is 1. The van der Waals surface area contributed by atoms with Gasteiger partial charge in [0, 0.05) is 31.5 Å². The van der Waals surface area contributed by atoms with Crippen LogP contribution < -0.4 is 24.3 Å². The number of methoxy groups -OCH3 is 3. The van der Waals surface area contributed by atoms with E-state index in [0.717, 1.165) is 0 Å². The van der Waals surface area contributed by atoms with Crippen molar-refractivity contribution in [2.45, 2.75) is 18.4 Å². The summed E-state index contributed by atoms with van der Waals surface area (Å²) in [5.74, 6) is 1.98. The van der Waals surface area contributed by atoms with Crippen LogP contribution in [0.5, 0.6) is 23.0 Å². The maximum absolute atomic E-state index is 13.0. The molecule has 0 aliphatic carbocycles. The first-order chi connectivity index (χ1) is 15.0. The second kappa shape index (κ2) is 8.37. The standard InChI is InChI=1S/C23H26N2O6/c1-28-16-5-7-18-17(13-16)21(26)24-14-23(31-18)8-10-25(11-9-23)22(27)15-4-6-19(29-2)20(12-15)30-3/h4-7,12-13H,8-11,14H2,1-3H3,(H,24,26). The molecule has 0 unspecified atom stereocenters. The van der Waals surface area contributed by atoms with Gasteiger partial charge in [0.25, 0.3) is 11.8 Å². The average molecular weight is 426 g/mol. The zero-order chi connectivity index (χ0) is 22.0. The summed E-state index contributed by atoms with van der Waals surface area (Å²) in [6.07, 6.45) is 1.22. The van der Waals surface area contributed by atoms with Gasteiger partial charge in [-0.1, -0.05) is 0 Å². The number of hydrogen-bond donors (Lipinski definition) is 1. The SMILES string of the molecule is COc1ccc2c(c1)C(=O)NCC1(CCN(C(=O)c3ccc(OC)c(OC)c3)CC1)O2. The van der Waals surface area contributed by atoms with Crippen molar-refractivity contribution in [3.63, 3.8) is 0 Å². The number of ether oxygens (including phenoxy) is 4. The van der Waals surface area contributed by atoms with E-state index in [-0.39, 0.29) is 11.8 Å². The Bertz CT molecular complexity index is 998. The van der Waals surface area contributed by atoms with E-state index in [4.69, 9.17) is 18.9 Å². The molecule has 2 heterocycles. The van der Waals surface area contributed by atoms with Crippen molar-refractivity contribution in [2.24, 2.45) is 0 Å². The fourth-order valence-electron chi connectivity index (χ4n) is 4.06. The lowest BCUT2D eigenvalue weighted by molar-refractivity contribution is 0.00768. The van der Waals surface area contributed by atoms with E-state index >= 15 is 0 Å². The van der Waals surface area contributed by atoms with Crippen LogP contribution in [0.2, 0.25) is 0 Å². The second-order valence-corrected chi connectivity index (χ2v) is 7.69. The number of benzene rings is 2. The minimum Gasteiger partial charge on any atom is -0.497 e. The molecule has 0 atom stereocenters. The molecule has 2 amide bonds. The van der Waals surface area contributed by atoms with Crippen LogP contribution in [-0.4, -0.2) is 63.3 Å². The van der Waals surface area contributed by atoms with Gasteiger partial charge >= 0.3 is 0 Å². The largest absolute Gasteiger partial charge is 0.497 e. The molecule has 1 N–H and O–H groups in total. The Hall–Kier alpha value is -3.42. The molecule has 2 aromatic carbocycles. The molecule has 31 heavy (non-hydrogen) atoms. The fourth-order valence-corrected chi connectivity index (χ4v) is 4.06. The van der Waals surface area contributed by atoms with Crippen molar-refractivity contribution < 1.29 is 28.5 Å². The van der Waals surface area contributed by atoms with Gasteiger partial charge < -0.3 is 29.2 Å². The number of piperidine rings is 1. The van der Waals surface area contributed by atoms with Gasteiger partial charge in [0.1, 0.15) is 17.1 Å². The molecule has 8 nitrogen and oxygen atoms in total. The topological polar surface area (TPSA) is 86.3 Å². The van der Waals surface area contributed by atoms with Crippen LogP contribution in [0, 0.1) is 0 Å². The third-order valence-corrected chi connectivity index (χ3v) is 5.92. The minimum absolute atomic E-state index is 0.0707. The van der Waals surface area contributed by atoms with Crippen LogP contribution in [0.15, 0.2) is 36.4 Å². The molecule has 0 radical (unpaired) electrons. The summed E-state index contributed by atoms with van der Waals surface area (Å²) in [5.41, 5.74) is 0.449. The van der Waals surface area contributed by atoms with E-state index < -0.39 is 5.60 Å². The number of hydrogen-bond acceptors (Lipinski definition) is 6. The van der Waals surface area contributed by atoms with E-state index in [1.54, 1.807) is 62.6 Å². The number of carbonyl (C=O) groups is 2. The quantitative estimate of drug-likeness (QED) is 0.809. The van der Waals surface area contributed by atoms with Crippen LogP contribution >= 0.6 is 0 Å². The minimum atomic E-state index is -0.552. The van der Waals surface area contributed by atoms with Crippen LogP contribution in [0.25, 0.3) is 0 Å². The molecule has 0 bridgehead atoms. The molecular formula is C23H26N2O6. The van der Waals surface area contributed by atoms with Gasteiger partial charge in [0.15, 0.2) is 11.5 Å².